The summed E-state index contributed by atoms with van der Waals surface area (Å²) in [6, 6.07) is 4.02. The molecule has 0 atom stereocenters. The number of aromatic amines is 1. The Hall–Kier alpha value is -1.62. The highest BCUT2D eigenvalue weighted by molar-refractivity contribution is 7.71. The fraction of sp³-hybridized carbons (Fsp3) is 0.167. The van der Waals surface area contributed by atoms with E-state index in [1.165, 1.54) is 12.1 Å². The van der Waals surface area contributed by atoms with Crippen molar-refractivity contribution >= 4 is 12.2 Å². The standard InChI is InChI=1S/C12H10F2N2S/c1-6-7(2)12(17)16-15-11(6)8-4-3-5-9(13)10(8)14/h3-5H,1-2H3,(H,16,17). The van der Waals surface area contributed by atoms with Gasteiger partial charge in [-0.25, -0.2) is 8.78 Å². The van der Waals surface area contributed by atoms with Gasteiger partial charge in [-0.05, 0) is 37.1 Å². The largest absolute Gasteiger partial charge is 0.267 e. The van der Waals surface area contributed by atoms with Gasteiger partial charge in [-0.1, -0.05) is 18.3 Å². The number of rotatable bonds is 1. The molecular formula is C12H10F2N2S. The van der Waals surface area contributed by atoms with Crippen LogP contribution < -0.4 is 0 Å². The van der Waals surface area contributed by atoms with Crippen molar-refractivity contribution in [2.24, 2.45) is 0 Å². The third-order valence-electron chi connectivity index (χ3n) is 2.73. The number of halogens is 2. The van der Waals surface area contributed by atoms with Gasteiger partial charge in [0.25, 0.3) is 0 Å². The summed E-state index contributed by atoms with van der Waals surface area (Å²) < 4.78 is 27.3. The molecule has 0 aliphatic heterocycles. The molecule has 0 spiro atoms. The lowest BCUT2D eigenvalue weighted by atomic mass is 10.0. The number of aromatic nitrogens is 2. The van der Waals surface area contributed by atoms with Gasteiger partial charge in [0.1, 0.15) is 4.64 Å². The first-order chi connectivity index (χ1) is 8.02. The van der Waals surface area contributed by atoms with E-state index in [1.54, 1.807) is 6.92 Å². The minimum absolute atomic E-state index is 0.136. The first kappa shape index (κ1) is 11.9. The smallest absolute Gasteiger partial charge is 0.168 e. The zero-order valence-electron chi connectivity index (χ0n) is 9.34. The first-order valence-electron chi connectivity index (χ1n) is 5.02. The van der Waals surface area contributed by atoms with Crippen LogP contribution in [0.25, 0.3) is 11.3 Å². The van der Waals surface area contributed by atoms with Gasteiger partial charge < -0.3 is 0 Å². The molecule has 2 aromatic rings. The van der Waals surface area contributed by atoms with Crippen molar-refractivity contribution in [2.45, 2.75) is 13.8 Å². The zero-order chi connectivity index (χ0) is 12.6. The number of nitrogens with one attached hydrogen (secondary N) is 1. The second kappa shape index (κ2) is 4.33. The fourth-order valence-electron chi connectivity index (χ4n) is 1.57. The van der Waals surface area contributed by atoms with Crippen LogP contribution in [-0.2, 0) is 0 Å². The molecule has 0 bridgehead atoms. The Bertz CT molecular complexity index is 635. The number of nitrogens with zero attached hydrogens (tertiary/aromatic N) is 1. The van der Waals surface area contributed by atoms with Gasteiger partial charge in [0.05, 0.1) is 5.69 Å². The van der Waals surface area contributed by atoms with Crippen LogP contribution in [0.1, 0.15) is 11.1 Å². The van der Waals surface area contributed by atoms with Gasteiger partial charge in [-0.3, -0.25) is 5.10 Å². The van der Waals surface area contributed by atoms with Crippen molar-refractivity contribution in [1.29, 1.82) is 0 Å². The molecule has 0 aliphatic carbocycles. The third kappa shape index (κ3) is 1.98. The molecule has 2 nitrogen and oxygen atoms in total. The molecule has 0 saturated heterocycles. The predicted molar refractivity (Wildman–Crippen MR) is 64.2 cm³/mol. The van der Waals surface area contributed by atoms with E-state index in [9.17, 15) is 8.78 Å². The quantitative estimate of drug-likeness (QED) is 0.784. The van der Waals surface area contributed by atoms with Crippen LogP contribution in [0.15, 0.2) is 18.2 Å². The average molecular weight is 252 g/mol. The van der Waals surface area contributed by atoms with Gasteiger partial charge in [-0.15, -0.1) is 0 Å². The maximum absolute atomic E-state index is 13.6. The molecule has 0 aliphatic rings. The van der Waals surface area contributed by atoms with Crippen molar-refractivity contribution < 1.29 is 8.78 Å². The molecule has 0 radical (unpaired) electrons. The summed E-state index contributed by atoms with van der Waals surface area (Å²) >= 11 is 5.02. The van der Waals surface area contributed by atoms with Crippen LogP contribution in [0, 0.1) is 30.1 Å². The van der Waals surface area contributed by atoms with E-state index in [2.05, 4.69) is 10.2 Å². The van der Waals surface area contributed by atoms with Gasteiger partial charge in [0.2, 0.25) is 0 Å². The molecule has 88 valence electrons. The van der Waals surface area contributed by atoms with Crippen LogP contribution in [-0.4, -0.2) is 10.2 Å². The van der Waals surface area contributed by atoms with Gasteiger partial charge >= 0.3 is 0 Å². The maximum Gasteiger partial charge on any atom is 0.168 e. The van der Waals surface area contributed by atoms with Gasteiger partial charge in [0.15, 0.2) is 11.6 Å². The molecule has 1 aromatic heterocycles. The van der Waals surface area contributed by atoms with Crippen LogP contribution in [0.3, 0.4) is 0 Å². The molecule has 0 saturated carbocycles. The Kier molecular flexibility index (Phi) is 3.02. The monoisotopic (exact) mass is 252 g/mol. The fourth-order valence-corrected chi connectivity index (χ4v) is 1.77. The van der Waals surface area contributed by atoms with Crippen LogP contribution in [0.4, 0.5) is 8.78 Å². The third-order valence-corrected chi connectivity index (χ3v) is 3.13. The summed E-state index contributed by atoms with van der Waals surface area (Å²) in [6.07, 6.45) is 0. The highest BCUT2D eigenvalue weighted by Crippen LogP contribution is 2.26. The van der Waals surface area contributed by atoms with Crippen LogP contribution >= 0.6 is 12.2 Å². The minimum Gasteiger partial charge on any atom is -0.267 e. The second-order valence-electron chi connectivity index (χ2n) is 3.75. The Labute approximate surface area is 102 Å². The number of hydrogen-bond donors (Lipinski definition) is 1. The maximum atomic E-state index is 13.6. The lowest BCUT2D eigenvalue weighted by Gasteiger charge is -2.08. The van der Waals surface area contributed by atoms with Crippen LogP contribution in [0.2, 0.25) is 0 Å². The van der Waals surface area contributed by atoms with Crippen molar-refractivity contribution in [2.75, 3.05) is 0 Å². The highest BCUT2D eigenvalue weighted by Gasteiger charge is 2.14. The van der Waals surface area contributed by atoms with Gasteiger partial charge in [-0.2, -0.15) is 5.10 Å². The highest BCUT2D eigenvalue weighted by atomic mass is 32.1. The van der Waals surface area contributed by atoms with E-state index < -0.39 is 11.6 Å². The summed E-state index contributed by atoms with van der Waals surface area (Å²) in [5.41, 5.74) is 2.08. The van der Waals surface area contributed by atoms with E-state index in [1.807, 2.05) is 6.92 Å². The molecule has 1 N–H and O–H groups in total. The predicted octanol–water partition coefficient (Wildman–Crippen LogP) is 3.70. The molecule has 0 unspecified atom stereocenters. The van der Waals surface area contributed by atoms with Gasteiger partial charge in [0, 0.05) is 5.56 Å². The summed E-state index contributed by atoms with van der Waals surface area (Å²) in [6.45, 7) is 3.60. The lowest BCUT2D eigenvalue weighted by molar-refractivity contribution is 0.510. The van der Waals surface area contributed by atoms with E-state index in [0.717, 1.165) is 17.2 Å². The van der Waals surface area contributed by atoms with E-state index in [4.69, 9.17) is 12.2 Å². The van der Waals surface area contributed by atoms with Crippen molar-refractivity contribution in [3.8, 4) is 11.3 Å². The molecular weight excluding hydrogens is 242 g/mol. The lowest BCUT2D eigenvalue weighted by Crippen LogP contribution is -1.99. The molecule has 17 heavy (non-hydrogen) atoms. The Morgan fingerprint density at radius 1 is 1.18 bits per heavy atom. The summed E-state index contributed by atoms with van der Waals surface area (Å²) in [4.78, 5) is 0. The van der Waals surface area contributed by atoms with Crippen molar-refractivity contribution in [3.63, 3.8) is 0 Å². The van der Waals surface area contributed by atoms with Crippen LogP contribution in [0.5, 0.6) is 0 Å². The minimum atomic E-state index is -0.895. The van der Waals surface area contributed by atoms with E-state index in [0.29, 0.717) is 10.3 Å². The number of H-pyrrole nitrogens is 1. The Morgan fingerprint density at radius 2 is 1.88 bits per heavy atom. The SMILES string of the molecule is Cc1c(-c2cccc(F)c2F)n[nH]c(=S)c1C. The van der Waals surface area contributed by atoms with E-state index in [-0.39, 0.29) is 5.56 Å². The molecule has 5 heteroatoms. The normalized spacial score (nSPS) is 10.6. The molecule has 2 rings (SSSR count). The number of benzene rings is 1. The first-order valence-corrected chi connectivity index (χ1v) is 5.43. The molecule has 1 aromatic carbocycles. The number of hydrogen-bond acceptors (Lipinski definition) is 2. The molecule has 0 fully saturated rings. The second-order valence-corrected chi connectivity index (χ2v) is 4.16. The van der Waals surface area contributed by atoms with Crippen molar-refractivity contribution in [1.82, 2.24) is 10.2 Å². The zero-order valence-corrected chi connectivity index (χ0v) is 10.2. The summed E-state index contributed by atoms with van der Waals surface area (Å²) in [5, 5.41) is 6.60. The summed E-state index contributed by atoms with van der Waals surface area (Å²) in [5.74, 6) is -1.78. The Balaban J connectivity index is 2.74. The summed E-state index contributed by atoms with van der Waals surface area (Å²) in [7, 11) is 0. The van der Waals surface area contributed by atoms with E-state index >= 15 is 0 Å². The topological polar surface area (TPSA) is 28.7 Å². The van der Waals surface area contributed by atoms with Crippen molar-refractivity contribution in [3.05, 3.63) is 45.6 Å². The average Bonchev–Trinajstić information content (AvgIpc) is 2.31. The molecule has 1 heterocycles. The molecule has 0 amide bonds. The Morgan fingerprint density at radius 3 is 2.59 bits per heavy atom.